The van der Waals surface area contributed by atoms with Gasteiger partial charge in [0.15, 0.2) is 0 Å². The summed E-state index contributed by atoms with van der Waals surface area (Å²) in [5.41, 5.74) is 0.831. The number of nitrogens with zero attached hydrogens (tertiary/aromatic N) is 5. The van der Waals surface area contributed by atoms with E-state index in [2.05, 4.69) is 20.4 Å². The Bertz CT molecular complexity index is 755. The average Bonchev–Trinajstić information content (AvgIpc) is 3.13. The van der Waals surface area contributed by atoms with Crippen molar-refractivity contribution in [2.24, 2.45) is 5.92 Å². The van der Waals surface area contributed by atoms with Gasteiger partial charge in [-0.1, -0.05) is 13.8 Å². The van der Waals surface area contributed by atoms with Crippen LogP contribution in [-0.4, -0.2) is 50.1 Å². The first kappa shape index (κ1) is 16.1. The van der Waals surface area contributed by atoms with E-state index in [0.29, 0.717) is 18.3 Å². The van der Waals surface area contributed by atoms with Crippen LogP contribution in [0.15, 0.2) is 24.5 Å². The normalized spacial score (nSPS) is 17.6. The first-order valence-corrected chi connectivity index (χ1v) is 7.88. The van der Waals surface area contributed by atoms with Gasteiger partial charge in [0.1, 0.15) is 5.82 Å². The van der Waals surface area contributed by atoms with Crippen molar-refractivity contribution >= 4 is 17.6 Å². The molecule has 1 aliphatic heterocycles. The zero-order valence-electron chi connectivity index (χ0n) is 13.9. The summed E-state index contributed by atoms with van der Waals surface area (Å²) in [6, 6.07) is 3.54. The summed E-state index contributed by atoms with van der Waals surface area (Å²) in [6.07, 6.45) is 3.47. The second kappa shape index (κ2) is 6.38. The van der Waals surface area contributed by atoms with E-state index in [1.165, 1.54) is 4.68 Å². The molecule has 0 aromatic carbocycles. The van der Waals surface area contributed by atoms with E-state index in [1.54, 1.807) is 30.4 Å². The number of hydrogen-bond acceptors (Lipinski definition) is 5. The standard InChI is InChI=1S/C16H20N6O2/c1-10(2)12-8-13(22(20-12)16-17-5-4-6-18-16)19-15(24)11-7-14(23)21(3)9-11/h4-6,8,10-11H,7,9H2,1-3H3,(H,19,24)/t11-/m1/s1. The summed E-state index contributed by atoms with van der Waals surface area (Å²) in [4.78, 5) is 34.1. The highest BCUT2D eigenvalue weighted by Crippen LogP contribution is 2.23. The molecule has 2 amide bonds. The molecule has 2 aromatic rings. The van der Waals surface area contributed by atoms with Gasteiger partial charge in [0, 0.05) is 38.5 Å². The largest absolute Gasteiger partial charge is 0.345 e. The van der Waals surface area contributed by atoms with Gasteiger partial charge in [-0.3, -0.25) is 9.59 Å². The fraction of sp³-hybridized carbons (Fsp3) is 0.438. The molecule has 1 atom stereocenters. The molecular weight excluding hydrogens is 308 g/mol. The number of anilines is 1. The molecule has 1 aliphatic rings. The lowest BCUT2D eigenvalue weighted by atomic mass is 10.1. The molecule has 24 heavy (non-hydrogen) atoms. The number of carbonyl (C=O) groups is 2. The van der Waals surface area contributed by atoms with Gasteiger partial charge >= 0.3 is 0 Å². The minimum absolute atomic E-state index is 0.0158. The van der Waals surface area contributed by atoms with Crippen LogP contribution in [0.5, 0.6) is 0 Å². The van der Waals surface area contributed by atoms with Crippen molar-refractivity contribution in [3.63, 3.8) is 0 Å². The molecule has 0 bridgehead atoms. The zero-order chi connectivity index (χ0) is 17.3. The van der Waals surface area contributed by atoms with E-state index in [4.69, 9.17) is 0 Å². The molecule has 3 rings (SSSR count). The van der Waals surface area contributed by atoms with Crippen LogP contribution in [-0.2, 0) is 9.59 Å². The monoisotopic (exact) mass is 328 g/mol. The van der Waals surface area contributed by atoms with Gasteiger partial charge in [0.05, 0.1) is 11.6 Å². The van der Waals surface area contributed by atoms with Crippen LogP contribution in [0.2, 0.25) is 0 Å². The summed E-state index contributed by atoms with van der Waals surface area (Å²) in [5, 5.41) is 7.36. The molecule has 0 aliphatic carbocycles. The molecular formula is C16H20N6O2. The van der Waals surface area contributed by atoms with E-state index in [0.717, 1.165) is 5.69 Å². The minimum Gasteiger partial charge on any atom is -0.345 e. The van der Waals surface area contributed by atoms with Gasteiger partial charge in [-0.2, -0.15) is 9.78 Å². The number of aromatic nitrogens is 4. The number of hydrogen-bond donors (Lipinski definition) is 1. The summed E-state index contributed by atoms with van der Waals surface area (Å²) in [5.74, 6) is 0.532. The quantitative estimate of drug-likeness (QED) is 0.910. The molecule has 1 N–H and O–H groups in total. The summed E-state index contributed by atoms with van der Waals surface area (Å²) < 4.78 is 1.52. The molecule has 126 valence electrons. The molecule has 1 saturated heterocycles. The zero-order valence-corrected chi connectivity index (χ0v) is 13.9. The Labute approximate surface area is 139 Å². The number of likely N-dealkylation sites (tertiary alicyclic amines) is 1. The molecule has 3 heterocycles. The molecule has 0 radical (unpaired) electrons. The van der Waals surface area contributed by atoms with Gasteiger partial charge in [0.25, 0.3) is 5.95 Å². The van der Waals surface area contributed by atoms with Crippen LogP contribution < -0.4 is 5.32 Å². The molecule has 1 fully saturated rings. The Hall–Kier alpha value is -2.77. The topological polar surface area (TPSA) is 93.0 Å². The van der Waals surface area contributed by atoms with Crippen molar-refractivity contribution in [2.75, 3.05) is 18.9 Å². The average molecular weight is 328 g/mol. The van der Waals surface area contributed by atoms with Crippen LogP contribution in [0.1, 0.15) is 31.9 Å². The number of carbonyl (C=O) groups excluding carboxylic acids is 2. The van der Waals surface area contributed by atoms with E-state index in [1.807, 2.05) is 19.9 Å². The van der Waals surface area contributed by atoms with E-state index in [-0.39, 0.29) is 30.1 Å². The maximum Gasteiger partial charge on any atom is 0.252 e. The summed E-state index contributed by atoms with van der Waals surface area (Å²) >= 11 is 0. The van der Waals surface area contributed by atoms with Crippen LogP contribution >= 0.6 is 0 Å². The number of rotatable bonds is 4. The Kier molecular flexibility index (Phi) is 4.28. The molecule has 0 saturated carbocycles. The first-order valence-electron chi connectivity index (χ1n) is 7.88. The Balaban J connectivity index is 1.87. The second-order valence-corrected chi connectivity index (χ2v) is 6.23. The SMILES string of the molecule is CC(C)c1cc(NC(=O)[C@@H]2CC(=O)N(C)C2)n(-c2ncccn2)n1. The number of nitrogens with one attached hydrogen (secondary N) is 1. The van der Waals surface area contributed by atoms with E-state index < -0.39 is 0 Å². The molecule has 2 aromatic heterocycles. The Morgan fingerprint density at radius 3 is 2.62 bits per heavy atom. The fourth-order valence-electron chi connectivity index (χ4n) is 2.59. The predicted molar refractivity (Wildman–Crippen MR) is 87.6 cm³/mol. The second-order valence-electron chi connectivity index (χ2n) is 6.23. The van der Waals surface area contributed by atoms with Crippen LogP contribution in [0.3, 0.4) is 0 Å². The molecule has 0 spiro atoms. The summed E-state index contributed by atoms with van der Waals surface area (Å²) in [7, 11) is 1.70. The van der Waals surface area contributed by atoms with Crippen molar-refractivity contribution < 1.29 is 9.59 Å². The first-order chi connectivity index (χ1) is 11.5. The van der Waals surface area contributed by atoms with Crippen molar-refractivity contribution in [1.29, 1.82) is 0 Å². The molecule has 8 nitrogen and oxygen atoms in total. The highest BCUT2D eigenvalue weighted by atomic mass is 16.2. The fourth-order valence-corrected chi connectivity index (χ4v) is 2.59. The van der Waals surface area contributed by atoms with Crippen LogP contribution in [0, 0.1) is 5.92 Å². The lowest BCUT2D eigenvalue weighted by Crippen LogP contribution is -2.26. The lowest BCUT2D eigenvalue weighted by molar-refractivity contribution is -0.127. The third kappa shape index (κ3) is 3.12. The molecule has 8 heteroatoms. The molecule has 0 unspecified atom stereocenters. The maximum atomic E-state index is 12.5. The smallest absolute Gasteiger partial charge is 0.252 e. The van der Waals surface area contributed by atoms with Crippen molar-refractivity contribution in [1.82, 2.24) is 24.6 Å². The predicted octanol–water partition coefficient (Wildman–Crippen LogP) is 1.20. The Morgan fingerprint density at radius 1 is 1.33 bits per heavy atom. The lowest BCUT2D eigenvalue weighted by Gasteiger charge is -2.11. The summed E-state index contributed by atoms with van der Waals surface area (Å²) in [6.45, 7) is 4.47. The van der Waals surface area contributed by atoms with Gasteiger partial charge in [-0.25, -0.2) is 9.97 Å². The van der Waals surface area contributed by atoms with Gasteiger partial charge in [-0.05, 0) is 12.0 Å². The highest BCUT2D eigenvalue weighted by Gasteiger charge is 2.32. The highest BCUT2D eigenvalue weighted by molar-refractivity contribution is 5.96. The third-order valence-electron chi connectivity index (χ3n) is 4.02. The van der Waals surface area contributed by atoms with Gasteiger partial charge < -0.3 is 10.2 Å². The Morgan fingerprint density at radius 2 is 2.04 bits per heavy atom. The number of amides is 2. The van der Waals surface area contributed by atoms with Gasteiger partial charge in [0.2, 0.25) is 11.8 Å². The van der Waals surface area contributed by atoms with E-state index >= 15 is 0 Å². The van der Waals surface area contributed by atoms with Gasteiger partial charge in [-0.15, -0.1) is 0 Å². The van der Waals surface area contributed by atoms with Crippen LogP contribution in [0.25, 0.3) is 5.95 Å². The van der Waals surface area contributed by atoms with Crippen LogP contribution in [0.4, 0.5) is 5.82 Å². The van der Waals surface area contributed by atoms with E-state index in [9.17, 15) is 9.59 Å². The van der Waals surface area contributed by atoms with Crippen molar-refractivity contribution in [3.8, 4) is 5.95 Å². The minimum atomic E-state index is -0.356. The third-order valence-corrected chi connectivity index (χ3v) is 4.02. The maximum absolute atomic E-state index is 12.5. The van der Waals surface area contributed by atoms with Crippen molar-refractivity contribution in [3.05, 3.63) is 30.2 Å². The van der Waals surface area contributed by atoms with Crippen molar-refractivity contribution in [2.45, 2.75) is 26.2 Å².